The van der Waals surface area contributed by atoms with E-state index in [-0.39, 0.29) is 41.8 Å². The third kappa shape index (κ3) is 5.58. The molecule has 0 aliphatic carbocycles. The predicted molar refractivity (Wildman–Crippen MR) is 130 cm³/mol. The van der Waals surface area contributed by atoms with Gasteiger partial charge in [-0.3, -0.25) is 28.6 Å². The van der Waals surface area contributed by atoms with Crippen molar-refractivity contribution >= 4 is 40.9 Å². The van der Waals surface area contributed by atoms with Crippen molar-refractivity contribution in [2.45, 2.75) is 0 Å². The first-order valence-corrected chi connectivity index (χ1v) is 11.2. The zero-order valence-corrected chi connectivity index (χ0v) is 19.5. The van der Waals surface area contributed by atoms with Crippen LogP contribution in [-0.2, 0) is 14.4 Å². The van der Waals surface area contributed by atoms with E-state index in [4.69, 9.17) is 11.6 Å². The fourth-order valence-electron chi connectivity index (χ4n) is 4.01. The van der Waals surface area contributed by atoms with Crippen LogP contribution in [0.5, 0.6) is 0 Å². The maximum atomic E-state index is 15.0. The van der Waals surface area contributed by atoms with E-state index in [9.17, 15) is 24.3 Å². The van der Waals surface area contributed by atoms with Gasteiger partial charge < -0.3 is 10.4 Å². The van der Waals surface area contributed by atoms with Crippen molar-refractivity contribution in [3.8, 4) is 5.69 Å². The molecule has 12 heteroatoms. The van der Waals surface area contributed by atoms with Gasteiger partial charge in [-0.05, 0) is 42.5 Å². The lowest BCUT2D eigenvalue weighted by molar-refractivity contribution is -0.145. The van der Waals surface area contributed by atoms with Gasteiger partial charge in [0.1, 0.15) is 5.82 Å². The normalized spacial score (nSPS) is 17.5. The third-order valence-corrected chi connectivity index (χ3v) is 5.99. The van der Waals surface area contributed by atoms with Crippen molar-refractivity contribution in [2.24, 2.45) is 11.8 Å². The molecular weight excluding hydrogens is 493 g/mol. The molecule has 1 aliphatic rings. The van der Waals surface area contributed by atoms with Gasteiger partial charge >= 0.3 is 5.97 Å². The van der Waals surface area contributed by atoms with Crippen LogP contribution in [0.15, 0.2) is 71.8 Å². The number of amides is 2. The Bertz CT molecular complexity index is 1330. The van der Waals surface area contributed by atoms with Crippen molar-refractivity contribution in [1.82, 2.24) is 14.5 Å². The smallest absolute Gasteiger partial charge is 0.308 e. The highest BCUT2D eigenvalue weighted by atomic mass is 35.5. The Morgan fingerprint density at radius 1 is 1.08 bits per heavy atom. The maximum Gasteiger partial charge on any atom is 0.308 e. The lowest BCUT2D eigenvalue weighted by atomic mass is 9.95. The Balaban J connectivity index is 1.43. The molecule has 10 nitrogen and oxygen atoms in total. The average Bonchev–Trinajstić information content (AvgIpc) is 3.29. The third-order valence-electron chi connectivity index (χ3n) is 5.76. The molecule has 1 aromatic carbocycles. The van der Waals surface area contributed by atoms with Gasteiger partial charge in [0, 0.05) is 37.2 Å². The van der Waals surface area contributed by atoms with E-state index < -0.39 is 29.6 Å². The average molecular weight is 514 g/mol. The number of carboxylic acid groups (broad SMARTS) is 1. The van der Waals surface area contributed by atoms with Crippen LogP contribution < -0.4 is 16.0 Å². The van der Waals surface area contributed by atoms with E-state index in [0.29, 0.717) is 10.7 Å². The summed E-state index contributed by atoms with van der Waals surface area (Å²) in [4.78, 5) is 54.5. The minimum absolute atomic E-state index is 0.0979. The van der Waals surface area contributed by atoms with E-state index in [1.807, 2.05) is 0 Å². The van der Waals surface area contributed by atoms with Crippen LogP contribution in [0.2, 0.25) is 5.02 Å². The molecule has 2 aromatic heterocycles. The van der Waals surface area contributed by atoms with Crippen molar-refractivity contribution in [2.75, 3.05) is 30.1 Å². The molecule has 2 amide bonds. The molecule has 3 heterocycles. The number of benzene rings is 1. The number of halogens is 2. The monoisotopic (exact) mass is 513 g/mol. The van der Waals surface area contributed by atoms with Crippen LogP contribution in [0.4, 0.5) is 16.0 Å². The molecule has 0 spiro atoms. The number of likely N-dealkylation sites (tertiary alicyclic amines) is 1. The molecule has 1 aliphatic heterocycles. The molecule has 3 aromatic rings. The second kappa shape index (κ2) is 10.7. The Labute approximate surface area is 209 Å². The zero-order valence-electron chi connectivity index (χ0n) is 18.8. The summed E-state index contributed by atoms with van der Waals surface area (Å²) in [7, 11) is 0. The van der Waals surface area contributed by atoms with Crippen LogP contribution in [0.1, 0.15) is 0 Å². The SMILES string of the molecule is O=C(CN1C[C@H](C(=O)O)[C@@H](C(=O)N(F)c2ccc(-n3ccccc3=O)cc2)C1)Nc1ccc(Cl)cn1. The van der Waals surface area contributed by atoms with E-state index in [1.165, 1.54) is 52.1 Å². The summed E-state index contributed by atoms with van der Waals surface area (Å²) >= 11 is 5.77. The molecule has 2 atom stereocenters. The molecule has 186 valence electrons. The number of rotatable bonds is 7. The van der Waals surface area contributed by atoms with Gasteiger partial charge in [-0.1, -0.05) is 22.1 Å². The quantitative estimate of drug-likeness (QED) is 0.465. The number of nitrogens with zero attached hydrogens (tertiary/aromatic N) is 4. The molecule has 1 saturated heterocycles. The number of carbonyl (C=O) groups excluding carboxylic acids is 2. The number of hydrogen-bond acceptors (Lipinski definition) is 6. The fraction of sp³-hybridized carbons (Fsp3) is 0.208. The van der Waals surface area contributed by atoms with Crippen molar-refractivity contribution in [3.05, 3.63) is 82.4 Å². The Morgan fingerprint density at radius 2 is 1.81 bits per heavy atom. The van der Waals surface area contributed by atoms with E-state index >= 15 is 4.48 Å². The molecule has 0 saturated carbocycles. The topological polar surface area (TPSA) is 125 Å². The highest BCUT2D eigenvalue weighted by Crippen LogP contribution is 2.28. The predicted octanol–water partition coefficient (Wildman–Crippen LogP) is 2.37. The van der Waals surface area contributed by atoms with Gasteiger partial charge in [0.2, 0.25) is 5.91 Å². The number of aromatic nitrogens is 2. The van der Waals surface area contributed by atoms with Gasteiger partial charge in [-0.2, -0.15) is 0 Å². The molecule has 1 fully saturated rings. The Morgan fingerprint density at radius 3 is 2.44 bits per heavy atom. The summed E-state index contributed by atoms with van der Waals surface area (Å²) in [6, 6.07) is 13.3. The minimum Gasteiger partial charge on any atom is -0.481 e. The van der Waals surface area contributed by atoms with E-state index in [1.54, 1.807) is 24.4 Å². The summed E-state index contributed by atoms with van der Waals surface area (Å²) in [6.45, 7) is -0.420. The molecule has 2 N–H and O–H groups in total. The zero-order chi connectivity index (χ0) is 25.8. The number of carboxylic acids is 1. The minimum atomic E-state index is -1.26. The largest absolute Gasteiger partial charge is 0.481 e. The number of carbonyl (C=O) groups is 3. The lowest BCUT2D eigenvalue weighted by Crippen LogP contribution is -2.37. The highest BCUT2D eigenvalue weighted by Gasteiger charge is 2.44. The molecule has 0 bridgehead atoms. The number of aliphatic carboxylic acids is 1. The molecular formula is C24H21ClFN5O5. The first-order chi connectivity index (χ1) is 17.2. The van der Waals surface area contributed by atoms with Gasteiger partial charge in [0.25, 0.3) is 11.5 Å². The summed E-state index contributed by atoms with van der Waals surface area (Å²) in [5.74, 6) is -4.89. The van der Waals surface area contributed by atoms with Crippen LogP contribution in [0.25, 0.3) is 5.69 Å². The van der Waals surface area contributed by atoms with Crippen molar-refractivity contribution < 1.29 is 24.0 Å². The number of pyridine rings is 2. The summed E-state index contributed by atoms with van der Waals surface area (Å²) in [5.41, 5.74) is 0.0911. The van der Waals surface area contributed by atoms with Crippen LogP contribution in [0, 0.1) is 11.8 Å². The number of nitrogens with one attached hydrogen (secondary N) is 1. The van der Waals surface area contributed by atoms with Gasteiger partial charge in [0.05, 0.1) is 29.1 Å². The van der Waals surface area contributed by atoms with E-state index in [2.05, 4.69) is 10.3 Å². The van der Waals surface area contributed by atoms with Crippen LogP contribution in [0.3, 0.4) is 0 Å². The van der Waals surface area contributed by atoms with Crippen molar-refractivity contribution in [3.63, 3.8) is 0 Å². The van der Waals surface area contributed by atoms with Gasteiger partial charge in [-0.15, -0.1) is 5.12 Å². The molecule has 36 heavy (non-hydrogen) atoms. The van der Waals surface area contributed by atoms with Gasteiger partial charge in [0.15, 0.2) is 0 Å². The summed E-state index contributed by atoms with van der Waals surface area (Å²) < 4.78 is 16.4. The first kappa shape index (κ1) is 25.0. The summed E-state index contributed by atoms with van der Waals surface area (Å²) in [5, 5.41) is 12.5. The highest BCUT2D eigenvalue weighted by molar-refractivity contribution is 6.30. The Hall–Kier alpha value is -4.09. The second-order valence-electron chi connectivity index (χ2n) is 8.20. The maximum absolute atomic E-state index is 15.0. The van der Waals surface area contributed by atoms with Crippen LogP contribution in [-0.4, -0.2) is 57.0 Å². The fourth-order valence-corrected chi connectivity index (χ4v) is 4.12. The van der Waals surface area contributed by atoms with E-state index in [0.717, 1.165) is 0 Å². The second-order valence-corrected chi connectivity index (χ2v) is 8.64. The Kier molecular flexibility index (Phi) is 7.41. The number of hydrogen-bond donors (Lipinski definition) is 2. The molecule has 0 unspecified atom stereocenters. The van der Waals surface area contributed by atoms with Crippen LogP contribution >= 0.6 is 11.6 Å². The van der Waals surface area contributed by atoms with Crippen molar-refractivity contribution in [1.29, 1.82) is 0 Å². The molecule has 0 radical (unpaired) electrons. The van der Waals surface area contributed by atoms with Gasteiger partial charge in [-0.25, -0.2) is 4.98 Å². The standard InChI is InChI=1S/C24H21ClFN5O5/c25-15-4-9-20(27-11-15)28-21(32)14-29-12-18(19(13-29)24(35)36)23(34)31(26)17-7-5-16(6-8-17)30-10-2-1-3-22(30)33/h1-11,18-19H,12-14H2,(H,35,36)(H,27,28,32)/t18-,19-/m0/s1. The lowest BCUT2D eigenvalue weighted by Gasteiger charge is -2.19. The first-order valence-electron chi connectivity index (χ1n) is 10.9. The summed E-state index contributed by atoms with van der Waals surface area (Å²) in [6.07, 6.45) is 2.92. The molecule has 4 rings (SSSR count). The number of anilines is 2.